The highest BCUT2D eigenvalue weighted by Crippen LogP contribution is 2.40. The molecule has 0 saturated heterocycles. The van der Waals surface area contributed by atoms with Gasteiger partial charge in [0.2, 0.25) is 0 Å². The molecule has 3 nitrogen and oxygen atoms in total. The Kier molecular flexibility index (Phi) is 5.00. The zero-order valence-corrected chi connectivity index (χ0v) is 17.0. The van der Waals surface area contributed by atoms with Gasteiger partial charge in [-0.1, -0.05) is 67.8 Å². The van der Waals surface area contributed by atoms with Gasteiger partial charge in [-0.3, -0.25) is 0 Å². The molecule has 1 aliphatic heterocycles. The van der Waals surface area contributed by atoms with Gasteiger partial charge in [0, 0.05) is 12.2 Å². The summed E-state index contributed by atoms with van der Waals surface area (Å²) in [5.74, 6) is 1.04. The topological polar surface area (TPSA) is 27.6 Å². The van der Waals surface area contributed by atoms with E-state index in [0.717, 1.165) is 30.3 Å². The minimum atomic E-state index is -0.0973. The number of thiocarbonyl (C=S) groups is 1. The number of benzene rings is 2. The summed E-state index contributed by atoms with van der Waals surface area (Å²) >= 11 is 5.75. The fourth-order valence-corrected chi connectivity index (χ4v) is 4.80. The third kappa shape index (κ3) is 3.39. The van der Waals surface area contributed by atoms with E-state index in [0.29, 0.717) is 0 Å². The van der Waals surface area contributed by atoms with Gasteiger partial charge in [-0.2, -0.15) is 0 Å². The Morgan fingerprint density at radius 3 is 2.30 bits per heavy atom. The lowest BCUT2D eigenvalue weighted by atomic mass is 9.79. The molecule has 2 aromatic rings. The quantitative estimate of drug-likeness (QED) is 0.704. The zero-order valence-electron chi connectivity index (χ0n) is 16.2. The number of rotatable bonds is 3. The molecule has 2 aliphatic rings. The van der Waals surface area contributed by atoms with E-state index >= 15 is 0 Å². The van der Waals surface area contributed by atoms with Crippen molar-refractivity contribution < 1.29 is 0 Å². The summed E-state index contributed by atoms with van der Waals surface area (Å²) in [7, 11) is 0. The molecular formula is C23H27N3S. The Balaban J connectivity index is 1.68. The van der Waals surface area contributed by atoms with Crippen LogP contribution in [-0.4, -0.2) is 21.4 Å². The van der Waals surface area contributed by atoms with Crippen LogP contribution in [0.15, 0.2) is 53.5 Å². The van der Waals surface area contributed by atoms with E-state index in [-0.39, 0.29) is 5.54 Å². The number of amidine groups is 1. The van der Waals surface area contributed by atoms with Crippen LogP contribution in [0.5, 0.6) is 0 Å². The predicted octanol–water partition coefficient (Wildman–Crippen LogP) is 5.62. The van der Waals surface area contributed by atoms with Crippen molar-refractivity contribution in [3.8, 4) is 0 Å². The third-order valence-corrected chi connectivity index (χ3v) is 6.30. The Bertz CT molecular complexity index is 846. The summed E-state index contributed by atoms with van der Waals surface area (Å²) < 4.78 is 0. The number of aliphatic imine (C=N–C) groups is 1. The van der Waals surface area contributed by atoms with Gasteiger partial charge in [0.05, 0.1) is 0 Å². The first-order valence-corrected chi connectivity index (χ1v) is 10.3. The first-order chi connectivity index (χ1) is 13.1. The molecule has 140 valence electrons. The highest BCUT2D eigenvalue weighted by atomic mass is 32.1. The average molecular weight is 378 g/mol. The lowest BCUT2D eigenvalue weighted by molar-refractivity contribution is 0.191. The van der Waals surface area contributed by atoms with E-state index in [2.05, 4.69) is 72.6 Å². The van der Waals surface area contributed by atoms with Crippen LogP contribution in [0, 0.1) is 13.8 Å². The Hall–Kier alpha value is -2.20. The number of hydrogen-bond donors (Lipinski definition) is 1. The van der Waals surface area contributed by atoms with Gasteiger partial charge in [-0.15, -0.1) is 0 Å². The fraction of sp³-hybridized carbons (Fsp3) is 0.391. The van der Waals surface area contributed by atoms with Crippen molar-refractivity contribution >= 4 is 28.9 Å². The largest absolute Gasteiger partial charge is 0.341 e. The van der Waals surface area contributed by atoms with Crippen LogP contribution in [-0.2, 0) is 6.54 Å². The molecule has 1 aliphatic carbocycles. The molecule has 1 heterocycles. The molecule has 2 aromatic carbocycles. The van der Waals surface area contributed by atoms with E-state index in [1.54, 1.807) is 0 Å². The van der Waals surface area contributed by atoms with Gasteiger partial charge in [0.15, 0.2) is 5.11 Å². The monoisotopic (exact) mass is 377 g/mol. The van der Waals surface area contributed by atoms with Gasteiger partial charge in [-0.25, -0.2) is 4.99 Å². The number of nitrogens with one attached hydrogen (secondary N) is 1. The van der Waals surface area contributed by atoms with Crippen molar-refractivity contribution in [2.24, 2.45) is 4.99 Å². The van der Waals surface area contributed by atoms with Crippen LogP contribution >= 0.6 is 12.2 Å². The van der Waals surface area contributed by atoms with Crippen LogP contribution in [0.3, 0.4) is 0 Å². The molecule has 0 radical (unpaired) electrons. The van der Waals surface area contributed by atoms with E-state index in [1.165, 1.54) is 41.6 Å². The normalized spacial score (nSPS) is 18.7. The molecule has 0 bridgehead atoms. The van der Waals surface area contributed by atoms with Crippen LogP contribution < -0.4 is 5.32 Å². The van der Waals surface area contributed by atoms with Gasteiger partial charge < -0.3 is 10.2 Å². The summed E-state index contributed by atoms with van der Waals surface area (Å²) in [6.45, 7) is 5.12. The third-order valence-electron chi connectivity index (χ3n) is 5.98. The molecule has 4 heteroatoms. The average Bonchev–Trinajstić information content (AvgIpc) is 2.91. The maximum absolute atomic E-state index is 5.75. The van der Waals surface area contributed by atoms with Crippen LogP contribution in [0.2, 0.25) is 0 Å². The molecule has 1 fully saturated rings. The van der Waals surface area contributed by atoms with Crippen molar-refractivity contribution in [1.82, 2.24) is 4.90 Å². The van der Waals surface area contributed by atoms with Crippen molar-refractivity contribution in [2.45, 2.75) is 58.0 Å². The minimum Gasteiger partial charge on any atom is -0.341 e. The van der Waals surface area contributed by atoms with Gasteiger partial charge in [-0.05, 0) is 55.6 Å². The molecule has 1 spiro atoms. The van der Waals surface area contributed by atoms with Crippen LogP contribution in [0.4, 0.5) is 5.69 Å². The zero-order chi connectivity index (χ0) is 18.9. The second kappa shape index (κ2) is 7.43. The van der Waals surface area contributed by atoms with E-state index in [9.17, 15) is 0 Å². The highest BCUT2D eigenvalue weighted by Gasteiger charge is 2.48. The molecule has 0 amide bonds. The van der Waals surface area contributed by atoms with Crippen molar-refractivity contribution in [3.05, 3.63) is 65.2 Å². The second-order valence-corrected chi connectivity index (χ2v) is 8.16. The maximum atomic E-state index is 5.75. The smallest absolute Gasteiger partial charge is 0.198 e. The first kappa shape index (κ1) is 18.2. The summed E-state index contributed by atoms with van der Waals surface area (Å²) in [5.41, 5.74) is 4.85. The van der Waals surface area contributed by atoms with E-state index in [4.69, 9.17) is 17.2 Å². The van der Waals surface area contributed by atoms with Crippen molar-refractivity contribution in [3.63, 3.8) is 0 Å². The Labute approximate surface area is 167 Å². The van der Waals surface area contributed by atoms with E-state index in [1.807, 2.05) is 0 Å². The molecule has 27 heavy (non-hydrogen) atoms. The highest BCUT2D eigenvalue weighted by molar-refractivity contribution is 7.80. The number of aryl methyl sites for hydroxylation is 2. The van der Waals surface area contributed by atoms with Gasteiger partial charge in [0.25, 0.3) is 0 Å². The minimum absolute atomic E-state index is 0.0973. The van der Waals surface area contributed by atoms with Gasteiger partial charge in [0.1, 0.15) is 11.4 Å². The fourth-order valence-electron chi connectivity index (χ4n) is 4.47. The molecule has 0 aromatic heterocycles. The van der Waals surface area contributed by atoms with Crippen LogP contribution in [0.25, 0.3) is 0 Å². The van der Waals surface area contributed by atoms with Gasteiger partial charge >= 0.3 is 0 Å². The molecule has 0 atom stereocenters. The summed E-state index contributed by atoms with van der Waals surface area (Å²) in [4.78, 5) is 7.25. The summed E-state index contributed by atoms with van der Waals surface area (Å²) in [5, 5.41) is 4.42. The second-order valence-electron chi connectivity index (χ2n) is 7.80. The SMILES string of the molecule is Cc1cccc(C)c1NC1=NC(=S)N(Cc2ccccc2)C12CCCCC2. The van der Waals surface area contributed by atoms with Crippen molar-refractivity contribution in [2.75, 3.05) is 5.32 Å². The number of nitrogens with zero attached hydrogens (tertiary/aromatic N) is 2. The lowest BCUT2D eigenvalue weighted by Crippen LogP contribution is -2.54. The Morgan fingerprint density at radius 2 is 1.63 bits per heavy atom. The predicted molar refractivity (Wildman–Crippen MR) is 117 cm³/mol. The van der Waals surface area contributed by atoms with Crippen molar-refractivity contribution in [1.29, 1.82) is 0 Å². The molecule has 1 N–H and O–H groups in total. The lowest BCUT2D eigenvalue weighted by Gasteiger charge is -2.43. The maximum Gasteiger partial charge on any atom is 0.198 e. The number of hydrogen-bond acceptors (Lipinski definition) is 2. The van der Waals surface area contributed by atoms with Crippen LogP contribution in [0.1, 0.15) is 48.8 Å². The summed E-state index contributed by atoms with van der Waals surface area (Å²) in [6.07, 6.45) is 5.96. The number of para-hydroxylation sites is 1. The molecular weight excluding hydrogens is 350 g/mol. The standard InChI is InChI=1S/C23H27N3S/c1-17-10-9-11-18(2)20(17)24-21-23(14-7-4-8-15-23)26(22(27)25-21)16-19-12-5-3-6-13-19/h3,5-6,9-13H,4,7-8,14-16H2,1-2H3,(H,24,25,27). The number of anilines is 1. The first-order valence-electron chi connectivity index (χ1n) is 9.88. The Morgan fingerprint density at radius 1 is 0.963 bits per heavy atom. The van der Waals surface area contributed by atoms with E-state index < -0.39 is 0 Å². The molecule has 1 saturated carbocycles. The molecule has 0 unspecified atom stereocenters. The molecule has 4 rings (SSSR count). The summed E-state index contributed by atoms with van der Waals surface area (Å²) in [6, 6.07) is 17.0.